The molecule has 0 aliphatic rings. The molecule has 0 aliphatic carbocycles. The molecular weight excluding hydrogens is 148 g/mol. The first-order valence-electron chi connectivity index (χ1n) is 3.39. The van der Waals surface area contributed by atoms with Crippen molar-refractivity contribution in [2.24, 2.45) is 0 Å². The van der Waals surface area contributed by atoms with E-state index in [-0.39, 0.29) is 12.2 Å². The molecule has 0 spiro atoms. The Morgan fingerprint density at radius 1 is 1.00 bits per heavy atom. The van der Waals surface area contributed by atoms with Crippen LogP contribution in [0, 0.1) is 0 Å². The van der Waals surface area contributed by atoms with Gasteiger partial charge in [-0.1, -0.05) is 0 Å². The molecule has 0 saturated heterocycles. The Balaban J connectivity index is 3.44. The van der Waals surface area contributed by atoms with E-state index in [1.807, 2.05) is 27.7 Å². The van der Waals surface area contributed by atoms with Gasteiger partial charge in [0.25, 0.3) is 0 Å². The zero-order valence-electron chi connectivity index (χ0n) is 6.88. The van der Waals surface area contributed by atoms with Crippen molar-refractivity contribution in [3.05, 3.63) is 0 Å². The van der Waals surface area contributed by atoms with Crippen LogP contribution in [-0.4, -0.2) is 21.4 Å². The van der Waals surface area contributed by atoms with Gasteiger partial charge in [0.1, 0.15) is 0 Å². The number of rotatable bonds is 4. The second-order valence-corrected chi connectivity index (χ2v) is 3.55. The third kappa shape index (κ3) is 5.75. The van der Waals surface area contributed by atoms with Gasteiger partial charge in [-0.3, -0.25) is 4.46 Å². The minimum atomic E-state index is -2.24. The molecule has 0 bridgehead atoms. The second-order valence-electron chi connectivity index (χ2n) is 2.58. The molecule has 3 nitrogen and oxygen atoms in total. The van der Waals surface area contributed by atoms with E-state index in [4.69, 9.17) is 8.85 Å². The first kappa shape index (κ1) is 9.62. The largest absolute Gasteiger partial charge is 0.767 e. The molecule has 0 N–H and O–H groups in total. The van der Waals surface area contributed by atoms with E-state index in [0.29, 0.717) is 0 Å². The third-order valence-corrected chi connectivity index (χ3v) is 1.99. The Morgan fingerprint density at radius 2 is 1.30 bits per heavy atom. The topological polar surface area (TPSA) is 35.5 Å². The van der Waals surface area contributed by atoms with Crippen LogP contribution in [0.15, 0.2) is 0 Å². The third-order valence-electron chi connectivity index (χ3n) is 0.664. The van der Waals surface area contributed by atoms with E-state index in [1.54, 1.807) is 0 Å². The summed E-state index contributed by atoms with van der Waals surface area (Å²) < 4.78 is 20.6. The van der Waals surface area contributed by atoms with Gasteiger partial charge in [-0.15, -0.1) is 0 Å². The van der Waals surface area contributed by atoms with Gasteiger partial charge in [-0.2, -0.15) is 0 Å². The summed E-state index contributed by atoms with van der Waals surface area (Å²) >= 11 is 0. The average Bonchev–Trinajstić information content (AvgIpc) is 1.58. The monoisotopic (exact) mass is 162 g/mol. The van der Waals surface area contributed by atoms with Crippen LogP contribution >= 0.6 is 0 Å². The summed E-state index contributed by atoms with van der Waals surface area (Å²) in [6.45, 7) is 7.30. The summed E-state index contributed by atoms with van der Waals surface area (Å²) in [6.07, 6.45) is -0.0460. The quantitative estimate of drug-likeness (QED) is 0.584. The van der Waals surface area contributed by atoms with Crippen molar-refractivity contribution >= 4 is 9.17 Å². The summed E-state index contributed by atoms with van der Waals surface area (Å²) in [7, 11) is -2.24. The van der Waals surface area contributed by atoms with Crippen LogP contribution in [-0.2, 0) is 13.3 Å². The van der Waals surface area contributed by atoms with E-state index in [1.165, 1.54) is 0 Å². The van der Waals surface area contributed by atoms with Gasteiger partial charge >= 0.3 is 9.17 Å². The maximum absolute atomic E-state index is 10.8. The van der Waals surface area contributed by atoms with Crippen molar-refractivity contribution < 1.29 is 13.3 Å². The minimum Gasteiger partial charge on any atom is -0.494 e. The van der Waals surface area contributed by atoms with E-state index >= 15 is 0 Å². The van der Waals surface area contributed by atoms with Gasteiger partial charge in [-0.25, -0.2) is 0 Å². The SMILES string of the molecule is CC(C)O[Si](=O)OC(C)C. The molecular formula is C6H14O3Si. The van der Waals surface area contributed by atoms with Crippen LogP contribution in [0.1, 0.15) is 27.7 Å². The van der Waals surface area contributed by atoms with Gasteiger partial charge < -0.3 is 8.85 Å². The van der Waals surface area contributed by atoms with Crippen LogP contribution in [0.4, 0.5) is 0 Å². The Hall–Kier alpha value is -0.383. The second kappa shape index (κ2) is 4.44. The molecule has 0 radical (unpaired) electrons. The predicted octanol–water partition coefficient (Wildman–Crippen LogP) is 1.25. The highest BCUT2D eigenvalue weighted by Gasteiger charge is 2.13. The Kier molecular flexibility index (Phi) is 4.27. The van der Waals surface area contributed by atoms with Crippen molar-refractivity contribution in [3.63, 3.8) is 0 Å². The highest BCUT2D eigenvalue weighted by Crippen LogP contribution is 1.92. The summed E-state index contributed by atoms with van der Waals surface area (Å²) in [4.78, 5) is 0. The van der Waals surface area contributed by atoms with Gasteiger partial charge in [0, 0.05) is 0 Å². The maximum Gasteiger partial charge on any atom is 0.767 e. The average molecular weight is 162 g/mol. The number of hydrogen-bond donors (Lipinski definition) is 0. The molecule has 4 heteroatoms. The zero-order valence-corrected chi connectivity index (χ0v) is 7.88. The summed E-state index contributed by atoms with van der Waals surface area (Å²) in [5, 5.41) is 0. The Labute approximate surface area is 63.2 Å². The van der Waals surface area contributed by atoms with Crippen LogP contribution < -0.4 is 0 Å². The fourth-order valence-corrected chi connectivity index (χ4v) is 1.24. The smallest absolute Gasteiger partial charge is 0.494 e. The van der Waals surface area contributed by atoms with Crippen LogP contribution in [0.25, 0.3) is 0 Å². The summed E-state index contributed by atoms with van der Waals surface area (Å²) in [5.74, 6) is 0. The van der Waals surface area contributed by atoms with E-state index < -0.39 is 9.17 Å². The lowest BCUT2D eigenvalue weighted by Crippen LogP contribution is -2.20. The van der Waals surface area contributed by atoms with Gasteiger partial charge in [0.15, 0.2) is 0 Å². The molecule has 10 heavy (non-hydrogen) atoms. The summed E-state index contributed by atoms with van der Waals surface area (Å²) in [5.41, 5.74) is 0. The molecule has 60 valence electrons. The standard InChI is InChI=1S/C6H14O3Si/c1-5(2)8-10(7)9-6(3)4/h5-6H,1-4H3. The Bertz CT molecular complexity index is 99.6. The lowest BCUT2D eigenvalue weighted by molar-refractivity contribution is 0.109. The molecule has 0 fully saturated rings. The van der Waals surface area contributed by atoms with Crippen LogP contribution in [0.3, 0.4) is 0 Å². The predicted molar refractivity (Wildman–Crippen MR) is 38.9 cm³/mol. The number of hydrogen-bond acceptors (Lipinski definition) is 3. The molecule has 0 atom stereocenters. The van der Waals surface area contributed by atoms with Crippen molar-refractivity contribution in [2.75, 3.05) is 0 Å². The van der Waals surface area contributed by atoms with Crippen molar-refractivity contribution in [3.8, 4) is 0 Å². The Morgan fingerprint density at radius 3 is 1.50 bits per heavy atom. The normalized spacial score (nSPS) is 10.2. The summed E-state index contributed by atoms with van der Waals surface area (Å²) in [6, 6.07) is 0. The fourth-order valence-electron chi connectivity index (χ4n) is 0.413. The molecule has 0 unspecified atom stereocenters. The van der Waals surface area contributed by atoms with E-state index in [0.717, 1.165) is 0 Å². The molecule has 0 saturated carbocycles. The molecule has 0 aliphatic heterocycles. The van der Waals surface area contributed by atoms with Gasteiger partial charge in [0.2, 0.25) is 0 Å². The highest BCUT2D eigenvalue weighted by atomic mass is 28.3. The highest BCUT2D eigenvalue weighted by molar-refractivity contribution is 6.26. The molecule has 0 rings (SSSR count). The van der Waals surface area contributed by atoms with Crippen molar-refractivity contribution in [2.45, 2.75) is 39.9 Å². The molecule has 0 aromatic rings. The lowest BCUT2D eigenvalue weighted by Gasteiger charge is -2.09. The molecule has 0 aromatic carbocycles. The minimum absolute atomic E-state index is 0.0230. The zero-order chi connectivity index (χ0) is 8.15. The lowest BCUT2D eigenvalue weighted by atomic mass is 10.5. The van der Waals surface area contributed by atoms with Crippen molar-refractivity contribution in [1.29, 1.82) is 0 Å². The van der Waals surface area contributed by atoms with Gasteiger partial charge in [-0.05, 0) is 27.7 Å². The molecule has 0 aromatic heterocycles. The van der Waals surface area contributed by atoms with E-state index in [9.17, 15) is 4.46 Å². The van der Waals surface area contributed by atoms with Crippen LogP contribution in [0.2, 0.25) is 0 Å². The van der Waals surface area contributed by atoms with Gasteiger partial charge in [0.05, 0.1) is 12.2 Å². The maximum atomic E-state index is 10.8. The first-order valence-corrected chi connectivity index (χ1v) is 4.62. The first-order chi connectivity index (χ1) is 4.52. The van der Waals surface area contributed by atoms with Crippen LogP contribution in [0.5, 0.6) is 0 Å². The fraction of sp³-hybridized carbons (Fsp3) is 1.00. The molecule has 0 heterocycles. The molecule has 0 amide bonds. The van der Waals surface area contributed by atoms with E-state index in [2.05, 4.69) is 0 Å². The van der Waals surface area contributed by atoms with Crippen molar-refractivity contribution in [1.82, 2.24) is 0 Å².